The molecule has 0 spiro atoms. The molecule has 1 aromatic carbocycles. The second-order valence-corrected chi connectivity index (χ2v) is 7.84. The van der Waals surface area contributed by atoms with Crippen LogP contribution in [0.2, 0.25) is 0 Å². The Labute approximate surface area is 167 Å². The largest absolute Gasteiger partial charge is 0.493 e. The van der Waals surface area contributed by atoms with Gasteiger partial charge < -0.3 is 9.47 Å². The maximum Gasteiger partial charge on any atom is 0.309 e. The number of hydrogen-bond acceptors (Lipinski definition) is 7. The monoisotopic (exact) mass is 402 g/mol. The van der Waals surface area contributed by atoms with E-state index in [0.29, 0.717) is 5.75 Å². The average molecular weight is 402 g/mol. The molecule has 2 aliphatic heterocycles. The van der Waals surface area contributed by atoms with Crippen molar-refractivity contribution in [1.29, 1.82) is 0 Å². The van der Waals surface area contributed by atoms with Gasteiger partial charge in [0.2, 0.25) is 11.8 Å². The minimum absolute atomic E-state index is 0.0314. The number of carbonyl (C=O) groups is 5. The Hall–Kier alpha value is -3.23. The highest BCUT2D eigenvalue weighted by molar-refractivity contribution is 6.23. The van der Waals surface area contributed by atoms with E-state index in [1.165, 1.54) is 18.2 Å². The zero-order valence-electron chi connectivity index (χ0n) is 16.4. The predicted octanol–water partition coefficient (Wildman–Crippen LogP) is 1.20. The van der Waals surface area contributed by atoms with Gasteiger partial charge in [0.15, 0.2) is 0 Å². The minimum atomic E-state index is -1.02. The molecule has 0 bridgehead atoms. The van der Waals surface area contributed by atoms with Crippen LogP contribution in [0.3, 0.4) is 0 Å². The fraction of sp³-hybridized carbons (Fsp3) is 0.450. The lowest BCUT2D eigenvalue weighted by atomic mass is 10.0. The van der Waals surface area contributed by atoms with Gasteiger partial charge in [-0.25, -0.2) is 0 Å². The van der Waals surface area contributed by atoms with E-state index in [-0.39, 0.29) is 37.0 Å². The molecule has 9 heteroatoms. The summed E-state index contributed by atoms with van der Waals surface area (Å²) in [7, 11) is 0. The maximum absolute atomic E-state index is 12.7. The van der Waals surface area contributed by atoms with Crippen LogP contribution in [-0.4, -0.2) is 52.7 Å². The van der Waals surface area contributed by atoms with Crippen molar-refractivity contribution < 1.29 is 33.4 Å². The number of esters is 1. The van der Waals surface area contributed by atoms with Gasteiger partial charge in [-0.05, 0) is 45.4 Å². The highest BCUT2D eigenvalue weighted by Crippen LogP contribution is 2.30. The molecular formula is C20H22N2O7. The summed E-state index contributed by atoms with van der Waals surface area (Å²) in [6.45, 7) is 5.35. The van der Waals surface area contributed by atoms with Gasteiger partial charge in [-0.1, -0.05) is 0 Å². The molecule has 9 nitrogen and oxygen atoms in total. The molecular weight excluding hydrogens is 380 g/mol. The first-order chi connectivity index (χ1) is 13.6. The quantitative estimate of drug-likeness (QED) is 0.580. The van der Waals surface area contributed by atoms with Gasteiger partial charge in [0.05, 0.1) is 24.2 Å². The lowest BCUT2D eigenvalue weighted by molar-refractivity contribution is -0.155. The van der Waals surface area contributed by atoms with Crippen molar-refractivity contribution in [2.24, 2.45) is 0 Å². The molecule has 29 heavy (non-hydrogen) atoms. The van der Waals surface area contributed by atoms with Gasteiger partial charge >= 0.3 is 5.97 Å². The van der Waals surface area contributed by atoms with Crippen molar-refractivity contribution in [1.82, 2.24) is 10.2 Å². The van der Waals surface area contributed by atoms with Crippen LogP contribution in [0.25, 0.3) is 0 Å². The molecule has 1 fully saturated rings. The first-order valence-electron chi connectivity index (χ1n) is 9.27. The molecule has 1 saturated heterocycles. The number of hydrogen-bond donors (Lipinski definition) is 1. The average Bonchev–Trinajstić information content (AvgIpc) is 2.85. The van der Waals surface area contributed by atoms with Crippen LogP contribution in [0.5, 0.6) is 5.75 Å². The lowest BCUT2D eigenvalue weighted by Gasteiger charge is -2.27. The Kier molecular flexibility index (Phi) is 5.41. The molecule has 3 rings (SSSR count). The normalized spacial score (nSPS) is 19.1. The zero-order valence-corrected chi connectivity index (χ0v) is 16.4. The standard InChI is InChI=1S/C20H22N2O7/c1-20(2,3)29-16(24)8-9-28-11-4-5-12-13(10-11)19(27)22(18(12)26)14-6-7-15(23)21-17(14)25/h4-5,10,14H,6-9H2,1-3H3,(H,21,23,25). The summed E-state index contributed by atoms with van der Waals surface area (Å²) in [6.07, 6.45) is 0.182. The van der Waals surface area contributed by atoms with Crippen molar-refractivity contribution in [3.05, 3.63) is 29.3 Å². The van der Waals surface area contributed by atoms with Crippen LogP contribution in [-0.2, 0) is 19.1 Å². The molecule has 0 saturated carbocycles. The number of carbonyl (C=O) groups excluding carboxylic acids is 5. The van der Waals surface area contributed by atoms with Crippen LogP contribution >= 0.6 is 0 Å². The summed E-state index contributed by atoms with van der Waals surface area (Å²) in [6, 6.07) is 3.37. The van der Waals surface area contributed by atoms with E-state index in [1.54, 1.807) is 20.8 Å². The number of ether oxygens (including phenoxy) is 2. The van der Waals surface area contributed by atoms with Crippen molar-refractivity contribution in [3.63, 3.8) is 0 Å². The molecule has 1 atom stereocenters. The van der Waals surface area contributed by atoms with E-state index in [1.807, 2.05) is 0 Å². The molecule has 1 N–H and O–H groups in total. The van der Waals surface area contributed by atoms with Crippen molar-refractivity contribution in [2.75, 3.05) is 6.61 Å². The van der Waals surface area contributed by atoms with E-state index in [9.17, 15) is 24.0 Å². The smallest absolute Gasteiger partial charge is 0.309 e. The summed E-state index contributed by atoms with van der Waals surface area (Å²) < 4.78 is 10.7. The number of benzene rings is 1. The zero-order chi connectivity index (χ0) is 21.3. The first-order valence-corrected chi connectivity index (χ1v) is 9.27. The second kappa shape index (κ2) is 7.65. The molecule has 0 aliphatic carbocycles. The van der Waals surface area contributed by atoms with Crippen LogP contribution in [0.15, 0.2) is 18.2 Å². The predicted molar refractivity (Wildman–Crippen MR) is 99.1 cm³/mol. The van der Waals surface area contributed by atoms with E-state index in [0.717, 1.165) is 4.90 Å². The Morgan fingerprint density at radius 3 is 2.48 bits per heavy atom. The van der Waals surface area contributed by atoms with Crippen molar-refractivity contribution in [2.45, 2.75) is 51.7 Å². The summed E-state index contributed by atoms with van der Waals surface area (Å²) in [5.74, 6) is -2.38. The van der Waals surface area contributed by atoms with Gasteiger partial charge in [0.1, 0.15) is 17.4 Å². The van der Waals surface area contributed by atoms with Gasteiger partial charge in [0, 0.05) is 6.42 Å². The molecule has 0 radical (unpaired) electrons. The van der Waals surface area contributed by atoms with Crippen LogP contribution in [0, 0.1) is 0 Å². The molecule has 4 amide bonds. The highest BCUT2D eigenvalue weighted by atomic mass is 16.6. The minimum Gasteiger partial charge on any atom is -0.493 e. The number of piperidine rings is 1. The van der Waals surface area contributed by atoms with Gasteiger partial charge in [-0.15, -0.1) is 0 Å². The fourth-order valence-electron chi connectivity index (χ4n) is 3.18. The SMILES string of the molecule is CC(C)(C)OC(=O)CCOc1ccc2c(c1)C(=O)N(C1CCC(=O)NC1=O)C2=O. The third-order valence-electron chi connectivity index (χ3n) is 4.41. The number of nitrogens with zero attached hydrogens (tertiary/aromatic N) is 1. The molecule has 1 aromatic rings. The van der Waals surface area contributed by atoms with Crippen molar-refractivity contribution >= 4 is 29.6 Å². The molecule has 2 aliphatic rings. The topological polar surface area (TPSA) is 119 Å². The third kappa shape index (κ3) is 4.44. The number of amides is 4. The molecule has 0 aromatic heterocycles. The number of fused-ring (bicyclic) bond motifs is 1. The maximum atomic E-state index is 12.7. The van der Waals surface area contributed by atoms with E-state index in [2.05, 4.69) is 5.32 Å². The van der Waals surface area contributed by atoms with Crippen LogP contribution in [0.4, 0.5) is 0 Å². The molecule has 1 unspecified atom stereocenters. The van der Waals surface area contributed by atoms with Crippen LogP contribution < -0.4 is 10.1 Å². The summed E-state index contributed by atoms with van der Waals surface area (Å²) in [5.41, 5.74) is -0.301. The first kappa shape index (κ1) is 20.5. The van der Waals surface area contributed by atoms with Gasteiger partial charge in [-0.3, -0.25) is 34.2 Å². The number of rotatable bonds is 5. The van der Waals surface area contributed by atoms with Gasteiger partial charge in [-0.2, -0.15) is 0 Å². The van der Waals surface area contributed by atoms with E-state index >= 15 is 0 Å². The number of imide groups is 2. The summed E-state index contributed by atoms with van der Waals surface area (Å²) in [5, 5.41) is 2.15. The lowest BCUT2D eigenvalue weighted by Crippen LogP contribution is -2.54. The fourth-order valence-corrected chi connectivity index (χ4v) is 3.18. The molecule has 154 valence electrons. The van der Waals surface area contributed by atoms with E-state index < -0.39 is 41.2 Å². The van der Waals surface area contributed by atoms with Gasteiger partial charge in [0.25, 0.3) is 11.8 Å². The van der Waals surface area contributed by atoms with Crippen molar-refractivity contribution in [3.8, 4) is 5.75 Å². The Morgan fingerprint density at radius 1 is 1.14 bits per heavy atom. The Balaban J connectivity index is 1.67. The number of nitrogens with one attached hydrogen (secondary N) is 1. The third-order valence-corrected chi connectivity index (χ3v) is 4.41. The summed E-state index contributed by atoms with van der Waals surface area (Å²) >= 11 is 0. The molecule has 2 heterocycles. The second-order valence-electron chi connectivity index (χ2n) is 7.84. The van der Waals surface area contributed by atoms with E-state index in [4.69, 9.17) is 9.47 Å². The van der Waals surface area contributed by atoms with Crippen LogP contribution in [0.1, 0.15) is 60.7 Å². The Bertz CT molecular complexity index is 901. The summed E-state index contributed by atoms with van der Waals surface area (Å²) in [4.78, 5) is 61.3. The highest BCUT2D eigenvalue weighted by Gasteiger charge is 2.44. The Morgan fingerprint density at radius 2 is 1.83 bits per heavy atom.